The Morgan fingerprint density at radius 1 is 0.432 bits per heavy atom. The van der Waals surface area contributed by atoms with Crippen LogP contribution >= 0.6 is 0 Å². The minimum Gasteiger partial charge on any atom is -0.485 e. The van der Waals surface area contributed by atoms with Crippen LogP contribution < -0.4 is 4.74 Å². The predicted octanol–water partition coefficient (Wildman–Crippen LogP) is 9.45. The average Bonchev–Trinajstić information content (AvgIpc) is 3.35. The van der Waals surface area contributed by atoms with Crippen molar-refractivity contribution >= 4 is 32.3 Å². The zero-order valence-electron chi connectivity index (χ0n) is 20.3. The van der Waals surface area contributed by atoms with E-state index in [-0.39, 0.29) is 6.10 Å². The fourth-order valence-corrected chi connectivity index (χ4v) is 6.18. The van der Waals surface area contributed by atoms with Crippen LogP contribution in [0.15, 0.2) is 133 Å². The van der Waals surface area contributed by atoms with Crippen molar-refractivity contribution in [2.24, 2.45) is 0 Å². The van der Waals surface area contributed by atoms with Gasteiger partial charge in [0, 0.05) is 11.5 Å². The van der Waals surface area contributed by atoms with E-state index in [4.69, 9.17) is 4.74 Å². The summed E-state index contributed by atoms with van der Waals surface area (Å²) in [6.07, 6.45) is 8.70. The molecule has 6 aromatic carbocycles. The quantitative estimate of drug-likeness (QED) is 0.228. The topological polar surface area (TPSA) is 9.23 Å². The lowest BCUT2D eigenvalue weighted by atomic mass is 9.90. The molecule has 37 heavy (non-hydrogen) atoms. The Kier molecular flexibility index (Phi) is 4.41. The van der Waals surface area contributed by atoms with Crippen molar-refractivity contribution in [3.63, 3.8) is 0 Å². The van der Waals surface area contributed by atoms with Gasteiger partial charge in [-0.1, -0.05) is 109 Å². The molecule has 0 amide bonds. The molecule has 1 heteroatoms. The molecular formula is C36H24O. The number of fused-ring (bicyclic) bond motifs is 9. The molecule has 2 aliphatic rings. The number of ether oxygens (including phenoxy) is 1. The maximum Gasteiger partial charge on any atom is 0.128 e. The molecule has 1 aliphatic heterocycles. The lowest BCUT2D eigenvalue weighted by molar-refractivity contribution is 0.269. The first-order valence-corrected chi connectivity index (χ1v) is 12.9. The van der Waals surface area contributed by atoms with Gasteiger partial charge >= 0.3 is 0 Å². The molecular weight excluding hydrogens is 448 g/mol. The fraction of sp³-hybridized carbons (Fsp3) is 0.0556. The highest BCUT2D eigenvalue weighted by Crippen LogP contribution is 2.43. The minimum absolute atomic E-state index is 0.116. The molecule has 1 nitrogen and oxygen atoms in total. The summed E-state index contributed by atoms with van der Waals surface area (Å²) in [5.74, 6) is 1.32. The summed E-state index contributed by atoms with van der Waals surface area (Å²) in [6.45, 7) is 0. The zero-order valence-corrected chi connectivity index (χ0v) is 20.3. The molecule has 0 N–H and O–H groups in total. The molecule has 0 spiro atoms. The van der Waals surface area contributed by atoms with Crippen molar-refractivity contribution in [2.45, 2.75) is 12.0 Å². The van der Waals surface area contributed by atoms with Gasteiger partial charge < -0.3 is 4.74 Å². The van der Waals surface area contributed by atoms with Gasteiger partial charge in [-0.2, -0.15) is 0 Å². The van der Waals surface area contributed by atoms with Crippen LogP contribution in [0, 0.1) is 0 Å². The van der Waals surface area contributed by atoms with Gasteiger partial charge in [0.25, 0.3) is 0 Å². The SMILES string of the molecule is C1=CC2Oc3cc(-c4cccc(-c5ccc6c7ccccc7c7ccccc7c6c5)c4)ccc3C2C=C1. The molecule has 8 rings (SSSR count). The van der Waals surface area contributed by atoms with Crippen LogP contribution in [0.25, 0.3) is 54.6 Å². The molecule has 2 unspecified atom stereocenters. The second-order valence-corrected chi connectivity index (χ2v) is 10.1. The first-order valence-electron chi connectivity index (χ1n) is 12.9. The first kappa shape index (κ1) is 20.6. The van der Waals surface area contributed by atoms with E-state index in [1.807, 2.05) is 0 Å². The number of benzene rings is 6. The van der Waals surface area contributed by atoms with Crippen LogP contribution in [0.4, 0.5) is 0 Å². The second kappa shape index (κ2) is 7.94. The number of hydrogen-bond donors (Lipinski definition) is 0. The molecule has 0 bridgehead atoms. The van der Waals surface area contributed by atoms with Crippen molar-refractivity contribution < 1.29 is 4.74 Å². The number of rotatable bonds is 2. The molecule has 174 valence electrons. The summed E-state index contributed by atoms with van der Waals surface area (Å²) in [6, 6.07) is 39.9. The Morgan fingerprint density at radius 2 is 1.00 bits per heavy atom. The Labute approximate surface area is 216 Å². The summed E-state index contributed by atoms with van der Waals surface area (Å²) in [7, 11) is 0. The van der Waals surface area contributed by atoms with E-state index in [0.717, 1.165) is 5.75 Å². The normalized spacial score (nSPS) is 17.7. The van der Waals surface area contributed by atoms with E-state index in [2.05, 4.69) is 133 Å². The third-order valence-electron chi connectivity index (χ3n) is 7.99. The van der Waals surface area contributed by atoms with E-state index in [1.165, 1.54) is 60.1 Å². The van der Waals surface area contributed by atoms with Crippen molar-refractivity contribution in [1.29, 1.82) is 0 Å². The molecule has 0 fully saturated rings. The van der Waals surface area contributed by atoms with Crippen molar-refractivity contribution in [3.8, 4) is 28.0 Å². The summed E-state index contributed by atoms with van der Waals surface area (Å²) < 4.78 is 6.27. The highest BCUT2D eigenvalue weighted by atomic mass is 16.5. The third-order valence-corrected chi connectivity index (χ3v) is 7.99. The summed E-state index contributed by atoms with van der Waals surface area (Å²) in [4.78, 5) is 0. The largest absolute Gasteiger partial charge is 0.485 e. The zero-order chi connectivity index (χ0) is 24.3. The van der Waals surface area contributed by atoms with Crippen LogP contribution in [-0.4, -0.2) is 6.10 Å². The highest BCUT2D eigenvalue weighted by molar-refractivity contribution is 6.25. The lowest BCUT2D eigenvalue weighted by Gasteiger charge is -2.13. The van der Waals surface area contributed by atoms with Gasteiger partial charge in [-0.05, 0) is 78.8 Å². The molecule has 0 saturated heterocycles. The summed E-state index contributed by atoms with van der Waals surface area (Å²) in [5.41, 5.74) is 6.11. The maximum atomic E-state index is 6.27. The Morgan fingerprint density at radius 3 is 1.73 bits per heavy atom. The Hall–Kier alpha value is -4.62. The van der Waals surface area contributed by atoms with Gasteiger partial charge in [0.15, 0.2) is 0 Å². The number of hydrogen-bond acceptors (Lipinski definition) is 1. The molecule has 0 radical (unpaired) electrons. The van der Waals surface area contributed by atoms with E-state index >= 15 is 0 Å². The average molecular weight is 473 g/mol. The monoisotopic (exact) mass is 472 g/mol. The van der Waals surface area contributed by atoms with E-state index < -0.39 is 0 Å². The second-order valence-electron chi connectivity index (χ2n) is 10.1. The standard InChI is InChI=1S/C36H24O/c1-2-12-29-27(10-1)28-11-3-4-13-30(28)34-21-25(16-18-31(29)34)23-8-7-9-24(20-23)26-17-19-33-32-14-5-6-15-35(32)37-36(33)22-26/h1-22,32,35H. The Balaban J connectivity index is 1.25. The van der Waals surface area contributed by atoms with Gasteiger partial charge in [-0.3, -0.25) is 0 Å². The maximum absolute atomic E-state index is 6.27. The smallest absolute Gasteiger partial charge is 0.128 e. The number of allylic oxidation sites excluding steroid dienone is 2. The van der Waals surface area contributed by atoms with Crippen LogP contribution in [0.3, 0.4) is 0 Å². The molecule has 1 heterocycles. The highest BCUT2D eigenvalue weighted by Gasteiger charge is 2.32. The third kappa shape index (κ3) is 3.17. The van der Waals surface area contributed by atoms with Crippen LogP contribution in [0.1, 0.15) is 11.5 Å². The molecule has 1 aliphatic carbocycles. The van der Waals surface area contributed by atoms with Gasteiger partial charge in [0.2, 0.25) is 0 Å². The first-order chi connectivity index (χ1) is 18.3. The molecule has 0 aromatic heterocycles. The lowest BCUT2D eigenvalue weighted by Crippen LogP contribution is -2.15. The van der Waals surface area contributed by atoms with Crippen molar-refractivity contribution in [2.75, 3.05) is 0 Å². The van der Waals surface area contributed by atoms with E-state index in [1.54, 1.807) is 0 Å². The van der Waals surface area contributed by atoms with Gasteiger partial charge in [0.05, 0.1) is 0 Å². The Bertz CT molecular complexity index is 1890. The minimum atomic E-state index is 0.116. The van der Waals surface area contributed by atoms with E-state index in [0.29, 0.717) is 5.92 Å². The molecule has 2 atom stereocenters. The summed E-state index contributed by atoms with van der Waals surface area (Å²) >= 11 is 0. The molecule has 6 aromatic rings. The van der Waals surface area contributed by atoms with Gasteiger partial charge in [-0.15, -0.1) is 0 Å². The fourth-order valence-electron chi connectivity index (χ4n) is 6.18. The summed E-state index contributed by atoms with van der Waals surface area (Å²) in [5, 5.41) is 7.82. The van der Waals surface area contributed by atoms with Crippen LogP contribution in [-0.2, 0) is 0 Å². The molecule has 0 saturated carbocycles. The van der Waals surface area contributed by atoms with E-state index in [9.17, 15) is 0 Å². The van der Waals surface area contributed by atoms with Crippen molar-refractivity contribution in [1.82, 2.24) is 0 Å². The van der Waals surface area contributed by atoms with Crippen molar-refractivity contribution in [3.05, 3.63) is 139 Å². The van der Waals surface area contributed by atoms with Gasteiger partial charge in [-0.25, -0.2) is 0 Å². The van der Waals surface area contributed by atoms with Crippen LogP contribution in [0.5, 0.6) is 5.75 Å². The van der Waals surface area contributed by atoms with Crippen LogP contribution in [0.2, 0.25) is 0 Å². The predicted molar refractivity (Wildman–Crippen MR) is 155 cm³/mol. The van der Waals surface area contributed by atoms with Gasteiger partial charge in [0.1, 0.15) is 11.9 Å².